The highest BCUT2D eigenvalue weighted by molar-refractivity contribution is 7.80. The Morgan fingerprint density at radius 2 is 2.20 bits per heavy atom. The second kappa shape index (κ2) is 2.92. The lowest BCUT2D eigenvalue weighted by molar-refractivity contribution is 1.03. The van der Waals surface area contributed by atoms with Gasteiger partial charge < -0.3 is 4.90 Å². The van der Waals surface area contributed by atoms with Crippen molar-refractivity contribution < 1.29 is 0 Å². The van der Waals surface area contributed by atoms with Gasteiger partial charge in [-0.3, -0.25) is 0 Å². The van der Waals surface area contributed by atoms with Crippen LogP contribution in [0, 0.1) is 0 Å². The van der Waals surface area contributed by atoms with E-state index in [0.717, 1.165) is 10.7 Å². The minimum Gasteiger partial charge on any atom is -0.362 e. The first-order valence-corrected chi connectivity index (χ1v) is 3.48. The first kappa shape index (κ1) is 7.41. The van der Waals surface area contributed by atoms with Crippen molar-refractivity contribution in [3.63, 3.8) is 0 Å². The highest BCUT2D eigenvalue weighted by atomic mass is 32.1. The predicted molar refractivity (Wildman–Crippen MR) is 45.8 cm³/mol. The molecule has 0 aliphatic rings. The van der Waals surface area contributed by atoms with Gasteiger partial charge in [0.25, 0.3) is 0 Å². The van der Waals surface area contributed by atoms with Gasteiger partial charge in [-0.05, 0) is 12.1 Å². The fraction of sp³-hybridized carbons (Fsp3) is 0.286. The molecule has 2 nitrogen and oxygen atoms in total. The van der Waals surface area contributed by atoms with Crippen LogP contribution in [0.1, 0.15) is 0 Å². The van der Waals surface area contributed by atoms with Crippen LogP contribution in [0.25, 0.3) is 0 Å². The van der Waals surface area contributed by atoms with E-state index in [1.807, 2.05) is 31.1 Å². The molecule has 0 N–H and O–H groups in total. The van der Waals surface area contributed by atoms with Crippen molar-refractivity contribution in [1.82, 2.24) is 4.98 Å². The Labute approximate surface area is 66.3 Å². The van der Waals surface area contributed by atoms with Crippen molar-refractivity contribution in [2.75, 3.05) is 19.0 Å². The van der Waals surface area contributed by atoms with E-state index < -0.39 is 0 Å². The van der Waals surface area contributed by atoms with Crippen molar-refractivity contribution in [2.45, 2.75) is 4.90 Å². The maximum absolute atomic E-state index is 4.23. The first-order chi connectivity index (χ1) is 4.72. The largest absolute Gasteiger partial charge is 0.362 e. The van der Waals surface area contributed by atoms with E-state index in [4.69, 9.17) is 0 Å². The Morgan fingerprint density at radius 3 is 2.60 bits per heavy atom. The van der Waals surface area contributed by atoms with Gasteiger partial charge in [-0.1, -0.05) is 0 Å². The zero-order valence-corrected chi connectivity index (χ0v) is 6.97. The lowest BCUT2D eigenvalue weighted by Gasteiger charge is -2.11. The van der Waals surface area contributed by atoms with Crippen molar-refractivity contribution >= 4 is 18.4 Å². The summed E-state index contributed by atoms with van der Waals surface area (Å²) in [5.74, 6) is 0.908. The average Bonchev–Trinajstić information content (AvgIpc) is 1.88. The summed E-state index contributed by atoms with van der Waals surface area (Å²) >= 11 is 4.23. The highest BCUT2D eigenvalue weighted by Crippen LogP contribution is 2.17. The molecule has 0 fully saturated rings. The molecule has 0 radical (unpaired) electrons. The molecule has 0 aromatic carbocycles. The molecule has 1 aromatic heterocycles. The van der Waals surface area contributed by atoms with E-state index in [1.165, 1.54) is 0 Å². The Balaban J connectivity index is 3.03. The summed E-state index contributed by atoms with van der Waals surface area (Å²) in [4.78, 5) is 6.97. The molecule has 1 aromatic rings. The molecule has 1 heterocycles. The van der Waals surface area contributed by atoms with E-state index in [1.54, 1.807) is 6.20 Å². The Morgan fingerprint density at radius 1 is 1.50 bits per heavy atom. The molecule has 54 valence electrons. The molecule has 0 saturated heterocycles. The molecule has 0 spiro atoms. The smallest absolute Gasteiger partial charge is 0.141 e. The number of rotatable bonds is 1. The molecule has 0 unspecified atom stereocenters. The van der Waals surface area contributed by atoms with Gasteiger partial charge in [0, 0.05) is 25.2 Å². The number of nitrogens with zero attached hydrogens (tertiary/aromatic N) is 2. The fourth-order valence-corrected chi connectivity index (χ4v) is 1.08. The Kier molecular flexibility index (Phi) is 2.17. The molecule has 3 heteroatoms. The molecule has 0 atom stereocenters. The van der Waals surface area contributed by atoms with E-state index in [-0.39, 0.29) is 0 Å². The number of aromatic nitrogens is 1. The summed E-state index contributed by atoms with van der Waals surface area (Å²) < 4.78 is 0. The van der Waals surface area contributed by atoms with Crippen LogP contribution in [0.5, 0.6) is 0 Å². The molecule has 0 bridgehead atoms. The molecule has 0 saturated carbocycles. The lowest BCUT2D eigenvalue weighted by atomic mass is 10.4. The molecular weight excluding hydrogens is 144 g/mol. The number of thiol groups is 1. The van der Waals surface area contributed by atoms with Crippen molar-refractivity contribution in [3.05, 3.63) is 18.3 Å². The highest BCUT2D eigenvalue weighted by Gasteiger charge is 1.98. The topological polar surface area (TPSA) is 16.1 Å². The van der Waals surface area contributed by atoms with Crippen LogP contribution in [0.3, 0.4) is 0 Å². The summed E-state index contributed by atoms with van der Waals surface area (Å²) in [5, 5.41) is 0. The third kappa shape index (κ3) is 1.42. The maximum Gasteiger partial charge on any atom is 0.141 e. The molecule has 0 aliphatic heterocycles. The van der Waals surface area contributed by atoms with E-state index in [0.29, 0.717) is 0 Å². The average molecular weight is 154 g/mol. The fourth-order valence-electron chi connectivity index (χ4n) is 0.733. The molecule has 0 amide bonds. The van der Waals surface area contributed by atoms with Gasteiger partial charge in [0.15, 0.2) is 0 Å². The molecule has 10 heavy (non-hydrogen) atoms. The quantitative estimate of drug-likeness (QED) is 0.616. The third-order valence-corrected chi connectivity index (χ3v) is 1.54. The number of hydrogen-bond donors (Lipinski definition) is 1. The van der Waals surface area contributed by atoms with Crippen LogP contribution in [0.2, 0.25) is 0 Å². The van der Waals surface area contributed by atoms with Crippen molar-refractivity contribution in [2.24, 2.45) is 0 Å². The lowest BCUT2D eigenvalue weighted by Crippen LogP contribution is -2.10. The zero-order valence-electron chi connectivity index (χ0n) is 6.07. The standard InChI is InChI=1S/C7H10N2S/c1-9(2)7-6(10)4-3-5-8-7/h3-5,10H,1-2H3. The summed E-state index contributed by atoms with van der Waals surface area (Å²) in [5.41, 5.74) is 0. The van der Waals surface area contributed by atoms with E-state index in [9.17, 15) is 0 Å². The van der Waals surface area contributed by atoms with Crippen LogP contribution >= 0.6 is 12.6 Å². The van der Waals surface area contributed by atoms with Gasteiger partial charge in [0.2, 0.25) is 0 Å². The van der Waals surface area contributed by atoms with Crippen LogP contribution in [0.15, 0.2) is 23.2 Å². The van der Waals surface area contributed by atoms with Crippen molar-refractivity contribution in [3.8, 4) is 0 Å². The third-order valence-electron chi connectivity index (χ3n) is 1.19. The summed E-state index contributed by atoms with van der Waals surface area (Å²) in [7, 11) is 3.89. The van der Waals surface area contributed by atoms with Gasteiger partial charge in [-0.15, -0.1) is 12.6 Å². The predicted octanol–water partition coefficient (Wildman–Crippen LogP) is 1.44. The van der Waals surface area contributed by atoms with Gasteiger partial charge in [0.1, 0.15) is 5.82 Å². The summed E-state index contributed by atoms with van der Waals surface area (Å²) in [6.45, 7) is 0. The van der Waals surface area contributed by atoms with Crippen LogP contribution in [-0.4, -0.2) is 19.1 Å². The number of anilines is 1. The van der Waals surface area contributed by atoms with Gasteiger partial charge in [-0.25, -0.2) is 4.98 Å². The summed E-state index contributed by atoms with van der Waals surface area (Å²) in [6, 6.07) is 3.79. The van der Waals surface area contributed by atoms with Crippen LogP contribution in [0.4, 0.5) is 5.82 Å². The van der Waals surface area contributed by atoms with Crippen molar-refractivity contribution in [1.29, 1.82) is 0 Å². The minimum absolute atomic E-state index is 0.908. The number of pyridine rings is 1. The molecule has 1 rings (SSSR count). The maximum atomic E-state index is 4.23. The second-order valence-electron chi connectivity index (χ2n) is 2.24. The summed E-state index contributed by atoms with van der Waals surface area (Å²) in [6.07, 6.45) is 1.76. The Hall–Kier alpha value is -0.700. The van der Waals surface area contributed by atoms with Crippen LogP contribution in [-0.2, 0) is 0 Å². The SMILES string of the molecule is CN(C)c1ncccc1S. The first-order valence-electron chi connectivity index (χ1n) is 3.03. The van der Waals surface area contributed by atoms with Gasteiger partial charge in [-0.2, -0.15) is 0 Å². The van der Waals surface area contributed by atoms with E-state index in [2.05, 4.69) is 17.6 Å². The monoisotopic (exact) mass is 154 g/mol. The van der Waals surface area contributed by atoms with Crippen LogP contribution < -0.4 is 4.90 Å². The minimum atomic E-state index is 0.908. The number of hydrogen-bond acceptors (Lipinski definition) is 3. The molecular formula is C7H10N2S. The van der Waals surface area contributed by atoms with E-state index >= 15 is 0 Å². The Bertz CT molecular complexity index is 223. The zero-order chi connectivity index (χ0) is 7.56. The van der Waals surface area contributed by atoms with Gasteiger partial charge >= 0.3 is 0 Å². The molecule has 0 aliphatic carbocycles. The second-order valence-corrected chi connectivity index (χ2v) is 2.72. The normalized spacial score (nSPS) is 9.50. The van der Waals surface area contributed by atoms with Gasteiger partial charge in [0.05, 0.1) is 0 Å².